The van der Waals surface area contributed by atoms with E-state index in [1.807, 2.05) is 0 Å². The predicted octanol–water partition coefficient (Wildman–Crippen LogP) is 2.50. The Morgan fingerprint density at radius 3 is 2.14 bits per heavy atom. The van der Waals surface area contributed by atoms with E-state index in [4.69, 9.17) is 0 Å². The Balaban J connectivity index is 2.09. The molecule has 0 aromatic heterocycles. The molecule has 1 aromatic carbocycles. The molecule has 1 saturated heterocycles. The maximum atomic E-state index is 12.7. The highest BCUT2D eigenvalue weighted by molar-refractivity contribution is 5.95. The van der Waals surface area contributed by atoms with Gasteiger partial charge in [-0.3, -0.25) is 4.79 Å². The van der Waals surface area contributed by atoms with Crippen LogP contribution < -0.4 is 10.2 Å². The third-order valence-electron chi connectivity index (χ3n) is 4.96. The first-order valence-electron chi connectivity index (χ1n) is 8.51. The summed E-state index contributed by atoms with van der Waals surface area (Å²) in [7, 11) is 0. The van der Waals surface area contributed by atoms with Gasteiger partial charge in [-0.1, -0.05) is 31.5 Å². The summed E-state index contributed by atoms with van der Waals surface area (Å²) in [5, 5.41) is 3.17. The molecular formula is C19H31N2O+. The van der Waals surface area contributed by atoms with Crippen molar-refractivity contribution in [3.63, 3.8) is 0 Å². The number of amides is 1. The molecule has 0 aliphatic carbocycles. The summed E-state index contributed by atoms with van der Waals surface area (Å²) in [6.07, 6.45) is 1.29. The number of nitrogens with one attached hydrogen (secondary N) is 2. The topological polar surface area (TPSA) is 33.5 Å². The molecule has 3 heteroatoms. The minimum atomic E-state index is 0.00491. The van der Waals surface area contributed by atoms with Crippen molar-refractivity contribution >= 4 is 11.6 Å². The predicted molar refractivity (Wildman–Crippen MR) is 92.4 cm³/mol. The molecule has 0 bridgehead atoms. The van der Waals surface area contributed by atoms with Gasteiger partial charge in [0.15, 0.2) is 6.04 Å². The van der Waals surface area contributed by atoms with Gasteiger partial charge in [0.2, 0.25) is 0 Å². The van der Waals surface area contributed by atoms with Crippen LogP contribution in [0.4, 0.5) is 5.69 Å². The number of hydrogen-bond acceptors (Lipinski definition) is 1. The lowest BCUT2D eigenvalue weighted by Crippen LogP contribution is -3.18. The van der Waals surface area contributed by atoms with Gasteiger partial charge in [0.1, 0.15) is 0 Å². The van der Waals surface area contributed by atoms with E-state index in [9.17, 15) is 4.79 Å². The number of hydrogen-bond donors (Lipinski definition) is 2. The fourth-order valence-electron chi connectivity index (χ4n) is 3.98. The Morgan fingerprint density at radius 2 is 1.64 bits per heavy atom. The third-order valence-corrected chi connectivity index (χ3v) is 4.96. The number of carbonyl (C=O) groups excluding carboxylic acids is 1. The van der Waals surface area contributed by atoms with E-state index in [2.05, 4.69) is 59.0 Å². The number of benzene rings is 1. The summed E-state index contributed by atoms with van der Waals surface area (Å²) in [6, 6.07) is 4.27. The number of carbonyl (C=O) groups is 1. The van der Waals surface area contributed by atoms with E-state index in [1.54, 1.807) is 0 Å². The van der Waals surface area contributed by atoms with E-state index < -0.39 is 0 Å². The molecule has 2 rings (SSSR count). The Bertz CT molecular complexity index is 519. The molecule has 3 nitrogen and oxygen atoms in total. The summed E-state index contributed by atoms with van der Waals surface area (Å²) >= 11 is 0. The largest absolute Gasteiger partial charge is 0.324 e. The SMILES string of the molecule is Cc1cc(C)c(NC(=O)[C@@H](C)[NH+]2C[C@@H](C)C[C@H](C)C2)c(C)c1. The average Bonchev–Trinajstić information content (AvgIpc) is 2.40. The van der Waals surface area contributed by atoms with Crippen LogP contribution in [0.15, 0.2) is 12.1 Å². The summed E-state index contributed by atoms with van der Waals surface area (Å²) in [4.78, 5) is 14.1. The molecule has 1 aliphatic heterocycles. The van der Waals surface area contributed by atoms with Gasteiger partial charge < -0.3 is 10.2 Å². The van der Waals surface area contributed by atoms with E-state index >= 15 is 0 Å². The third kappa shape index (κ3) is 3.89. The van der Waals surface area contributed by atoms with Gasteiger partial charge in [0.25, 0.3) is 5.91 Å². The fraction of sp³-hybridized carbons (Fsp3) is 0.632. The first kappa shape index (κ1) is 17.0. The second kappa shape index (κ2) is 6.82. The van der Waals surface area contributed by atoms with Crippen LogP contribution in [0.3, 0.4) is 0 Å². The van der Waals surface area contributed by atoms with Crippen LogP contribution in [0, 0.1) is 32.6 Å². The van der Waals surface area contributed by atoms with Gasteiger partial charge in [-0.15, -0.1) is 0 Å². The van der Waals surface area contributed by atoms with Gasteiger partial charge in [-0.05, 0) is 45.2 Å². The van der Waals surface area contributed by atoms with Gasteiger partial charge in [0.05, 0.1) is 13.1 Å². The Morgan fingerprint density at radius 1 is 1.14 bits per heavy atom. The standard InChI is InChI=1S/C19H30N2O/c1-12-8-15(4)18(16(5)9-12)20-19(22)17(6)21-10-13(2)7-14(3)11-21/h8-9,13-14,17H,7,10-11H2,1-6H3,(H,20,22)/p+1/t13-,14-,17+/m0/s1. The highest BCUT2D eigenvalue weighted by atomic mass is 16.2. The minimum Gasteiger partial charge on any atom is -0.324 e. The van der Waals surface area contributed by atoms with Gasteiger partial charge in [-0.25, -0.2) is 0 Å². The van der Waals surface area contributed by atoms with Gasteiger partial charge in [0, 0.05) is 17.5 Å². The molecule has 1 fully saturated rings. The lowest BCUT2D eigenvalue weighted by Gasteiger charge is -2.35. The second-order valence-corrected chi connectivity index (χ2v) is 7.50. The number of quaternary nitrogens is 1. The first-order chi connectivity index (χ1) is 10.3. The monoisotopic (exact) mass is 303 g/mol. The van der Waals surface area contributed by atoms with Crippen LogP contribution in [0.25, 0.3) is 0 Å². The average molecular weight is 303 g/mol. The molecule has 1 heterocycles. The van der Waals surface area contributed by atoms with E-state index in [1.165, 1.54) is 16.9 Å². The zero-order valence-corrected chi connectivity index (χ0v) is 14.9. The molecule has 0 radical (unpaired) electrons. The Hall–Kier alpha value is -1.35. The molecule has 1 aromatic rings. The van der Waals surface area contributed by atoms with Crippen LogP contribution in [0.1, 0.15) is 43.9 Å². The lowest BCUT2D eigenvalue weighted by atomic mass is 9.91. The van der Waals surface area contributed by atoms with Crippen LogP contribution in [-0.4, -0.2) is 25.0 Å². The number of anilines is 1. The van der Waals surface area contributed by atoms with E-state index in [-0.39, 0.29) is 11.9 Å². The normalized spacial score (nSPS) is 26.5. The zero-order chi connectivity index (χ0) is 16.4. The number of aryl methyl sites for hydroxylation is 3. The molecule has 1 aliphatic rings. The maximum Gasteiger partial charge on any atom is 0.282 e. The molecule has 1 amide bonds. The molecule has 122 valence electrons. The molecular weight excluding hydrogens is 272 g/mol. The highest BCUT2D eigenvalue weighted by Crippen LogP contribution is 2.22. The van der Waals surface area contributed by atoms with Gasteiger partial charge in [-0.2, -0.15) is 0 Å². The van der Waals surface area contributed by atoms with Crippen molar-refractivity contribution in [3.05, 3.63) is 28.8 Å². The molecule has 0 unspecified atom stereocenters. The van der Waals surface area contributed by atoms with Crippen molar-refractivity contribution in [1.82, 2.24) is 0 Å². The van der Waals surface area contributed by atoms with Crippen molar-refractivity contribution in [1.29, 1.82) is 0 Å². The number of likely N-dealkylation sites (tertiary alicyclic amines) is 1. The highest BCUT2D eigenvalue weighted by Gasteiger charge is 2.32. The van der Waals surface area contributed by atoms with Crippen molar-refractivity contribution in [3.8, 4) is 0 Å². The first-order valence-corrected chi connectivity index (χ1v) is 8.51. The van der Waals surface area contributed by atoms with Crippen molar-refractivity contribution < 1.29 is 9.69 Å². The summed E-state index contributed by atoms with van der Waals surface area (Å²) in [5.74, 6) is 1.56. The van der Waals surface area contributed by atoms with Gasteiger partial charge >= 0.3 is 0 Å². The van der Waals surface area contributed by atoms with Crippen molar-refractivity contribution in [2.75, 3.05) is 18.4 Å². The molecule has 22 heavy (non-hydrogen) atoms. The van der Waals surface area contributed by atoms with Crippen LogP contribution in [0.2, 0.25) is 0 Å². The van der Waals surface area contributed by atoms with Crippen LogP contribution in [-0.2, 0) is 4.79 Å². The zero-order valence-electron chi connectivity index (χ0n) is 14.9. The summed E-state index contributed by atoms with van der Waals surface area (Å²) in [5.41, 5.74) is 4.52. The quantitative estimate of drug-likeness (QED) is 0.884. The Labute approximate surface area is 135 Å². The molecule has 3 atom stereocenters. The maximum absolute atomic E-state index is 12.7. The fourth-order valence-corrected chi connectivity index (χ4v) is 3.98. The van der Waals surface area contributed by atoms with Crippen LogP contribution in [0.5, 0.6) is 0 Å². The number of piperidine rings is 1. The molecule has 0 spiro atoms. The second-order valence-electron chi connectivity index (χ2n) is 7.50. The van der Waals surface area contributed by atoms with Crippen molar-refractivity contribution in [2.45, 2.75) is 54.0 Å². The smallest absolute Gasteiger partial charge is 0.282 e. The summed E-state index contributed by atoms with van der Waals surface area (Å²) < 4.78 is 0. The lowest BCUT2D eigenvalue weighted by molar-refractivity contribution is -0.925. The van der Waals surface area contributed by atoms with Crippen LogP contribution >= 0.6 is 0 Å². The molecule has 0 saturated carbocycles. The number of rotatable bonds is 3. The minimum absolute atomic E-state index is 0.00491. The van der Waals surface area contributed by atoms with E-state index in [0.717, 1.165) is 29.9 Å². The Kier molecular flexibility index (Phi) is 5.28. The molecule has 2 N–H and O–H groups in total. The summed E-state index contributed by atoms with van der Waals surface area (Å²) in [6.45, 7) is 15.1. The van der Waals surface area contributed by atoms with Crippen molar-refractivity contribution in [2.24, 2.45) is 11.8 Å². The van der Waals surface area contributed by atoms with E-state index in [0.29, 0.717) is 11.8 Å².